The summed E-state index contributed by atoms with van der Waals surface area (Å²) in [6, 6.07) is 3.05. The Morgan fingerprint density at radius 1 is 1.00 bits per heavy atom. The third kappa shape index (κ3) is 3.17. The molecule has 1 nitrogen and oxygen atoms in total. The number of hydrogen-bond acceptors (Lipinski definition) is 1. The summed E-state index contributed by atoms with van der Waals surface area (Å²) in [5, 5.41) is 4.17. The Bertz CT molecular complexity index is 450. The molecule has 19 heavy (non-hydrogen) atoms. The first-order valence-electron chi connectivity index (χ1n) is 7.04. The zero-order valence-corrected chi connectivity index (χ0v) is 12.3. The zero-order valence-electron chi connectivity index (χ0n) is 10.8. The molecule has 2 saturated carbocycles. The Labute approximate surface area is 123 Å². The highest BCUT2D eigenvalue weighted by molar-refractivity contribution is 6.39. The molecule has 0 heterocycles. The predicted molar refractivity (Wildman–Crippen MR) is 78.5 cm³/mol. The molecule has 4 heteroatoms. The summed E-state index contributed by atoms with van der Waals surface area (Å²) >= 11 is 12.2. The van der Waals surface area contributed by atoms with E-state index in [0.717, 1.165) is 18.3 Å². The van der Waals surface area contributed by atoms with E-state index in [2.05, 4.69) is 5.32 Å². The zero-order chi connectivity index (χ0) is 13.4. The topological polar surface area (TPSA) is 12.0 Å². The van der Waals surface area contributed by atoms with Gasteiger partial charge in [0, 0.05) is 6.04 Å². The summed E-state index contributed by atoms with van der Waals surface area (Å²) in [6.07, 6.45) is 7.75. The van der Waals surface area contributed by atoms with Gasteiger partial charge in [0.1, 0.15) is 5.82 Å². The number of nitrogens with one attached hydrogen (secondary N) is 1. The van der Waals surface area contributed by atoms with Crippen molar-refractivity contribution >= 4 is 28.9 Å². The normalized spacial score (nSPS) is 27.3. The van der Waals surface area contributed by atoms with Crippen LogP contribution in [-0.2, 0) is 0 Å². The fourth-order valence-corrected chi connectivity index (χ4v) is 3.81. The van der Waals surface area contributed by atoms with Gasteiger partial charge in [-0.2, -0.15) is 0 Å². The van der Waals surface area contributed by atoms with E-state index in [1.807, 2.05) is 0 Å². The quantitative estimate of drug-likeness (QED) is 0.776. The SMILES string of the molecule is Fc1cc(Cl)c(NC2CCCC(C3CC3)C2)c(Cl)c1. The monoisotopic (exact) mass is 301 g/mol. The molecule has 1 N–H and O–H groups in total. The highest BCUT2D eigenvalue weighted by atomic mass is 35.5. The van der Waals surface area contributed by atoms with Crippen molar-refractivity contribution < 1.29 is 4.39 Å². The van der Waals surface area contributed by atoms with Gasteiger partial charge in [-0.25, -0.2) is 4.39 Å². The summed E-state index contributed by atoms with van der Waals surface area (Å²) in [5.74, 6) is 1.41. The predicted octanol–water partition coefficient (Wildman–Crippen LogP) is 5.51. The van der Waals surface area contributed by atoms with Crippen LogP contribution in [0.3, 0.4) is 0 Å². The highest BCUT2D eigenvalue weighted by Gasteiger charge is 2.34. The molecule has 0 bridgehead atoms. The molecule has 0 aromatic heterocycles. The second-order valence-electron chi connectivity index (χ2n) is 5.85. The van der Waals surface area contributed by atoms with E-state index < -0.39 is 0 Å². The van der Waals surface area contributed by atoms with Crippen molar-refractivity contribution in [3.63, 3.8) is 0 Å². The van der Waals surface area contributed by atoms with E-state index in [4.69, 9.17) is 23.2 Å². The van der Waals surface area contributed by atoms with E-state index >= 15 is 0 Å². The molecule has 3 rings (SSSR count). The molecule has 104 valence electrons. The molecular formula is C15H18Cl2FN. The summed E-state index contributed by atoms with van der Waals surface area (Å²) in [6.45, 7) is 0. The lowest BCUT2D eigenvalue weighted by atomic mass is 9.82. The average Bonchev–Trinajstić information content (AvgIpc) is 3.18. The molecule has 0 radical (unpaired) electrons. The fourth-order valence-electron chi connectivity index (χ4n) is 3.24. The number of benzene rings is 1. The Kier molecular flexibility index (Phi) is 3.91. The Morgan fingerprint density at radius 2 is 1.68 bits per heavy atom. The third-order valence-corrected chi connectivity index (χ3v) is 4.95. The second kappa shape index (κ2) is 5.49. The van der Waals surface area contributed by atoms with Crippen LogP contribution in [0.5, 0.6) is 0 Å². The van der Waals surface area contributed by atoms with Gasteiger partial charge in [0.05, 0.1) is 15.7 Å². The first-order chi connectivity index (χ1) is 9.13. The van der Waals surface area contributed by atoms with Crippen LogP contribution in [0.15, 0.2) is 12.1 Å². The lowest BCUT2D eigenvalue weighted by molar-refractivity contribution is 0.303. The molecule has 2 atom stereocenters. The first-order valence-corrected chi connectivity index (χ1v) is 7.80. The smallest absolute Gasteiger partial charge is 0.126 e. The molecule has 2 aliphatic rings. The van der Waals surface area contributed by atoms with Gasteiger partial charge in [0.15, 0.2) is 0 Å². The minimum absolute atomic E-state index is 0.374. The summed E-state index contributed by atoms with van der Waals surface area (Å²) in [5.41, 5.74) is 0.686. The minimum Gasteiger partial charge on any atom is -0.380 e. The van der Waals surface area contributed by atoms with Gasteiger partial charge >= 0.3 is 0 Å². The van der Waals surface area contributed by atoms with Crippen LogP contribution in [0, 0.1) is 17.7 Å². The summed E-state index contributed by atoms with van der Waals surface area (Å²) < 4.78 is 13.2. The molecule has 1 aromatic rings. The molecule has 0 amide bonds. The molecular weight excluding hydrogens is 284 g/mol. The maximum Gasteiger partial charge on any atom is 0.126 e. The largest absolute Gasteiger partial charge is 0.380 e. The lowest BCUT2D eigenvalue weighted by Crippen LogP contribution is -2.28. The molecule has 0 saturated heterocycles. The van der Waals surface area contributed by atoms with Crippen molar-refractivity contribution in [3.8, 4) is 0 Å². The van der Waals surface area contributed by atoms with Crippen molar-refractivity contribution in [2.75, 3.05) is 5.32 Å². The van der Waals surface area contributed by atoms with Crippen LogP contribution < -0.4 is 5.32 Å². The van der Waals surface area contributed by atoms with Crippen LogP contribution in [0.4, 0.5) is 10.1 Å². The van der Waals surface area contributed by atoms with Crippen molar-refractivity contribution in [1.82, 2.24) is 0 Å². The van der Waals surface area contributed by atoms with Gasteiger partial charge in [-0.3, -0.25) is 0 Å². The summed E-state index contributed by atoms with van der Waals surface area (Å²) in [7, 11) is 0. The summed E-state index contributed by atoms with van der Waals surface area (Å²) in [4.78, 5) is 0. The van der Waals surface area contributed by atoms with E-state index in [1.54, 1.807) is 0 Å². The Hall–Kier alpha value is -0.470. The van der Waals surface area contributed by atoms with E-state index in [-0.39, 0.29) is 5.82 Å². The van der Waals surface area contributed by atoms with Gasteiger partial charge in [-0.15, -0.1) is 0 Å². The van der Waals surface area contributed by atoms with Crippen LogP contribution in [-0.4, -0.2) is 6.04 Å². The number of hydrogen-bond donors (Lipinski definition) is 1. The van der Waals surface area contributed by atoms with Gasteiger partial charge in [-0.05, 0) is 49.7 Å². The van der Waals surface area contributed by atoms with Gasteiger partial charge in [-0.1, -0.05) is 36.0 Å². The molecule has 2 aliphatic carbocycles. The molecule has 2 fully saturated rings. The molecule has 2 unspecified atom stereocenters. The fraction of sp³-hybridized carbons (Fsp3) is 0.600. The molecule has 1 aromatic carbocycles. The highest BCUT2D eigenvalue weighted by Crippen LogP contribution is 2.45. The van der Waals surface area contributed by atoms with Gasteiger partial charge < -0.3 is 5.32 Å². The average molecular weight is 302 g/mol. The van der Waals surface area contributed by atoms with Crippen molar-refractivity contribution in [1.29, 1.82) is 0 Å². The first kappa shape index (κ1) is 13.5. The van der Waals surface area contributed by atoms with Crippen LogP contribution >= 0.6 is 23.2 Å². The lowest BCUT2D eigenvalue weighted by Gasteiger charge is -2.31. The third-order valence-electron chi connectivity index (χ3n) is 4.36. The van der Waals surface area contributed by atoms with Gasteiger partial charge in [0.25, 0.3) is 0 Å². The van der Waals surface area contributed by atoms with Crippen LogP contribution in [0.2, 0.25) is 10.0 Å². The van der Waals surface area contributed by atoms with Gasteiger partial charge in [0.2, 0.25) is 0 Å². The number of anilines is 1. The van der Waals surface area contributed by atoms with E-state index in [9.17, 15) is 4.39 Å². The maximum atomic E-state index is 13.2. The van der Waals surface area contributed by atoms with Crippen molar-refractivity contribution in [3.05, 3.63) is 28.0 Å². The van der Waals surface area contributed by atoms with Crippen LogP contribution in [0.1, 0.15) is 38.5 Å². The number of rotatable bonds is 3. The Balaban J connectivity index is 1.70. The van der Waals surface area contributed by atoms with Crippen molar-refractivity contribution in [2.24, 2.45) is 11.8 Å². The van der Waals surface area contributed by atoms with Crippen LogP contribution in [0.25, 0.3) is 0 Å². The Morgan fingerprint density at radius 3 is 2.32 bits per heavy atom. The minimum atomic E-state index is -0.389. The molecule has 0 aliphatic heterocycles. The maximum absolute atomic E-state index is 13.2. The second-order valence-corrected chi connectivity index (χ2v) is 6.66. The van der Waals surface area contributed by atoms with E-state index in [1.165, 1.54) is 44.2 Å². The van der Waals surface area contributed by atoms with Crippen molar-refractivity contribution in [2.45, 2.75) is 44.6 Å². The molecule has 0 spiro atoms. The standard InChI is InChI=1S/C15H18Cl2FN/c16-13-7-11(18)8-14(17)15(13)19-12-3-1-2-10(6-12)9-4-5-9/h7-10,12,19H,1-6H2. The van der Waals surface area contributed by atoms with E-state index in [0.29, 0.717) is 21.8 Å². The number of halogens is 3.